The molecule has 0 heterocycles. The third-order valence-corrected chi connectivity index (χ3v) is 3.89. The summed E-state index contributed by atoms with van der Waals surface area (Å²) in [7, 11) is 0. The molecule has 2 aromatic rings. The lowest BCUT2D eigenvalue weighted by Crippen LogP contribution is -2.15. The van der Waals surface area contributed by atoms with Crippen LogP contribution < -0.4 is 0 Å². The summed E-state index contributed by atoms with van der Waals surface area (Å²) in [5, 5.41) is 10.9. The Bertz CT molecular complexity index is 581. The molecule has 0 aliphatic carbocycles. The SMILES string of the molecule is CC(C)(C)c1ccc(CC(O)Cc2cccc(Cl)c2)cc1. The zero-order valence-corrected chi connectivity index (χ0v) is 13.7. The van der Waals surface area contributed by atoms with E-state index in [4.69, 9.17) is 11.6 Å². The van der Waals surface area contributed by atoms with Gasteiger partial charge in [-0.25, -0.2) is 0 Å². The summed E-state index contributed by atoms with van der Waals surface area (Å²) in [5.74, 6) is 0. The summed E-state index contributed by atoms with van der Waals surface area (Å²) in [6, 6.07) is 16.2. The van der Waals surface area contributed by atoms with Crippen LogP contribution in [0.2, 0.25) is 5.02 Å². The molecule has 1 N–H and O–H groups in total. The molecule has 1 atom stereocenters. The van der Waals surface area contributed by atoms with Gasteiger partial charge in [-0.05, 0) is 47.1 Å². The molecule has 2 rings (SSSR count). The highest BCUT2D eigenvalue weighted by molar-refractivity contribution is 6.30. The van der Waals surface area contributed by atoms with Gasteiger partial charge in [-0.1, -0.05) is 68.8 Å². The van der Waals surface area contributed by atoms with E-state index >= 15 is 0 Å². The highest BCUT2D eigenvalue weighted by Gasteiger charge is 2.13. The van der Waals surface area contributed by atoms with Crippen molar-refractivity contribution in [2.75, 3.05) is 0 Å². The van der Waals surface area contributed by atoms with Crippen LogP contribution in [-0.4, -0.2) is 11.2 Å². The molecule has 1 unspecified atom stereocenters. The van der Waals surface area contributed by atoms with Crippen molar-refractivity contribution in [2.24, 2.45) is 0 Å². The van der Waals surface area contributed by atoms with Crippen molar-refractivity contribution in [2.45, 2.75) is 45.1 Å². The molecular weight excluding hydrogens is 280 g/mol. The Kier molecular flexibility index (Phi) is 5.08. The summed E-state index contributed by atoms with van der Waals surface area (Å²) < 4.78 is 0. The van der Waals surface area contributed by atoms with E-state index in [9.17, 15) is 5.11 Å². The molecule has 21 heavy (non-hydrogen) atoms. The minimum absolute atomic E-state index is 0.165. The Morgan fingerprint density at radius 1 is 0.952 bits per heavy atom. The molecule has 0 aliphatic heterocycles. The summed E-state index contributed by atoms with van der Waals surface area (Å²) in [6.07, 6.45) is 0.905. The fourth-order valence-electron chi connectivity index (χ4n) is 2.42. The lowest BCUT2D eigenvalue weighted by molar-refractivity contribution is 0.175. The smallest absolute Gasteiger partial charge is 0.0620 e. The van der Waals surface area contributed by atoms with Crippen LogP contribution in [0.3, 0.4) is 0 Å². The first-order chi connectivity index (χ1) is 9.84. The first kappa shape index (κ1) is 16.1. The van der Waals surface area contributed by atoms with Gasteiger partial charge in [0.25, 0.3) is 0 Å². The number of benzene rings is 2. The maximum absolute atomic E-state index is 10.2. The first-order valence-electron chi connectivity index (χ1n) is 7.36. The third-order valence-electron chi connectivity index (χ3n) is 3.65. The fourth-order valence-corrected chi connectivity index (χ4v) is 2.63. The number of rotatable bonds is 4. The number of halogens is 1. The van der Waals surface area contributed by atoms with Crippen molar-refractivity contribution < 1.29 is 5.11 Å². The van der Waals surface area contributed by atoms with E-state index in [1.165, 1.54) is 5.56 Å². The number of aliphatic hydroxyl groups excluding tert-OH is 1. The summed E-state index contributed by atoms with van der Waals surface area (Å²) in [6.45, 7) is 6.61. The molecule has 112 valence electrons. The van der Waals surface area contributed by atoms with Crippen molar-refractivity contribution in [3.05, 3.63) is 70.2 Å². The van der Waals surface area contributed by atoms with Crippen molar-refractivity contribution in [3.63, 3.8) is 0 Å². The first-order valence-corrected chi connectivity index (χ1v) is 7.74. The van der Waals surface area contributed by atoms with Crippen LogP contribution in [-0.2, 0) is 18.3 Å². The van der Waals surface area contributed by atoms with E-state index in [2.05, 4.69) is 45.0 Å². The standard InChI is InChI=1S/C19H23ClO/c1-19(2,3)16-9-7-14(8-10-16)12-18(21)13-15-5-4-6-17(20)11-15/h4-11,18,21H,12-13H2,1-3H3. The minimum atomic E-state index is -0.385. The average molecular weight is 303 g/mol. The van der Waals surface area contributed by atoms with Gasteiger partial charge in [0.1, 0.15) is 0 Å². The van der Waals surface area contributed by atoms with Crippen molar-refractivity contribution >= 4 is 11.6 Å². The molecule has 0 amide bonds. The van der Waals surface area contributed by atoms with Gasteiger partial charge in [0.2, 0.25) is 0 Å². The summed E-state index contributed by atoms with van der Waals surface area (Å²) in [5.41, 5.74) is 3.72. The normalized spacial score (nSPS) is 13.2. The van der Waals surface area contributed by atoms with Gasteiger partial charge in [0.05, 0.1) is 6.10 Å². The van der Waals surface area contributed by atoms with Crippen LogP contribution in [0.5, 0.6) is 0 Å². The molecule has 0 fully saturated rings. The zero-order chi connectivity index (χ0) is 15.5. The fraction of sp³-hybridized carbons (Fsp3) is 0.368. The lowest BCUT2D eigenvalue weighted by atomic mass is 9.86. The van der Waals surface area contributed by atoms with Crippen LogP contribution in [0.4, 0.5) is 0 Å². The van der Waals surface area contributed by atoms with Gasteiger partial charge >= 0.3 is 0 Å². The molecule has 2 aromatic carbocycles. The molecule has 2 heteroatoms. The topological polar surface area (TPSA) is 20.2 Å². The van der Waals surface area contributed by atoms with Crippen molar-refractivity contribution in [1.29, 1.82) is 0 Å². The second kappa shape index (κ2) is 6.64. The van der Waals surface area contributed by atoms with Gasteiger partial charge in [-0.2, -0.15) is 0 Å². The number of hydrogen-bond donors (Lipinski definition) is 1. The van der Waals surface area contributed by atoms with Crippen LogP contribution in [0.15, 0.2) is 48.5 Å². The lowest BCUT2D eigenvalue weighted by Gasteiger charge is -2.19. The molecule has 0 bridgehead atoms. The van der Waals surface area contributed by atoms with Crippen LogP contribution >= 0.6 is 11.6 Å². The van der Waals surface area contributed by atoms with E-state index in [-0.39, 0.29) is 11.5 Å². The highest BCUT2D eigenvalue weighted by atomic mass is 35.5. The summed E-state index contributed by atoms with van der Waals surface area (Å²) in [4.78, 5) is 0. The van der Waals surface area contributed by atoms with E-state index < -0.39 is 0 Å². The molecule has 0 aliphatic rings. The molecule has 1 nitrogen and oxygen atoms in total. The van der Waals surface area contributed by atoms with Crippen LogP contribution in [0.25, 0.3) is 0 Å². The Morgan fingerprint density at radius 3 is 2.14 bits per heavy atom. The molecule has 0 saturated carbocycles. The second-order valence-electron chi connectivity index (χ2n) is 6.64. The Hall–Kier alpha value is -1.31. The van der Waals surface area contributed by atoms with E-state index in [0.717, 1.165) is 11.1 Å². The van der Waals surface area contributed by atoms with Gasteiger partial charge in [0, 0.05) is 5.02 Å². The quantitative estimate of drug-likeness (QED) is 0.861. The van der Waals surface area contributed by atoms with E-state index in [1.807, 2.05) is 24.3 Å². The zero-order valence-electron chi connectivity index (χ0n) is 12.9. The maximum atomic E-state index is 10.2. The largest absolute Gasteiger partial charge is 0.392 e. The number of aliphatic hydroxyl groups is 1. The molecule has 0 aromatic heterocycles. The molecular formula is C19H23ClO. The maximum Gasteiger partial charge on any atom is 0.0620 e. The van der Waals surface area contributed by atoms with E-state index in [1.54, 1.807) is 0 Å². The van der Waals surface area contributed by atoms with Gasteiger partial charge in [0.15, 0.2) is 0 Å². The van der Waals surface area contributed by atoms with Crippen molar-refractivity contribution in [3.8, 4) is 0 Å². The monoisotopic (exact) mass is 302 g/mol. The van der Waals surface area contributed by atoms with Gasteiger partial charge in [-0.15, -0.1) is 0 Å². The Morgan fingerprint density at radius 2 is 1.57 bits per heavy atom. The molecule has 0 saturated heterocycles. The predicted octanol–water partition coefficient (Wildman–Crippen LogP) is 4.78. The minimum Gasteiger partial charge on any atom is -0.392 e. The second-order valence-corrected chi connectivity index (χ2v) is 7.08. The van der Waals surface area contributed by atoms with Crippen LogP contribution in [0.1, 0.15) is 37.5 Å². The Balaban J connectivity index is 1.98. The summed E-state index contributed by atoms with van der Waals surface area (Å²) >= 11 is 5.97. The third kappa shape index (κ3) is 4.87. The predicted molar refractivity (Wildman–Crippen MR) is 90.0 cm³/mol. The van der Waals surface area contributed by atoms with Crippen LogP contribution in [0, 0.1) is 0 Å². The van der Waals surface area contributed by atoms with Gasteiger partial charge < -0.3 is 5.11 Å². The molecule has 0 radical (unpaired) electrons. The van der Waals surface area contributed by atoms with Gasteiger partial charge in [-0.3, -0.25) is 0 Å². The van der Waals surface area contributed by atoms with E-state index in [0.29, 0.717) is 17.9 Å². The van der Waals surface area contributed by atoms with Crippen molar-refractivity contribution in [1.82, 2.24) is 0 Å². The Labute approximate surface area is 132 Å². The number of hydrogen-bond acceptors (Lipinski definition) is 1. The average Bonchev–Trinajstić information content (AvgIpc) is 2.38. The molecule has 0 spiro atoms. The highest BCUT2D eigenvalue weighted by Crippen LogP contribution is 2.22.